The van der Waals surface area contributed by atoms with Crippen molar-refractivity contribution >= 4 is 15.9 Å². The zero-order valence-corrected chi connectivity index (χ0v) is 11.6. The molecule has 0 fully saturated rings. The fraction of sp³-hybridized carbons (Fsp3) is 0.286. The molecule has 0 aliphatic carbocycles. The van der Waals surface area contributed by atoms with Gasteiger partial charge in [0.15, 0.2) is 0 Å². The highest BCUT2D eigenvalue weighted by Crippen LogP contribution is 2.23. The fourth-order valence-corrected chi connectivity index (χ4v) is 2.40. The number of hydrogen-bond donors (Lipinski definition) is 1. The van der Waals surface area contributed by atoms with E-state index in [0.717, 1.165) is 16.8 Å². The molecule has 0 unspecified atom stereocenters. The maximum Gasteiger partial charge on any atom is 0.120 e. The van der Waals surface area contributed by atoms with Gasteiger partial charge in [0.25, 0.3) is 0 Å². The number of furan rings is 1. The summed E-state index contributed by atoms with van der Waals surface area (Å²) in [5.74, 6) is 1.00. The molecule has 0 bridgehead atoms. The number of aryl methyl sites for hydroxylation is 1. The van der Waals surface area contributed by atoms with Gasteiger partial charge in [0.05, 0.1) is 12.8 Å². The third-order valence-corrected chi connectivity index (χ3v) is 3.63. The summed E-state index contributed by atoms with van der Waals surface area (Å²) in [5, 5.41) is 3.46. The van der Waals surface area contributed by atoms with Crippen LogP contribution in [0.25, 0.3) is 0 Å². The summed E-state index contributed by atoms with van der Waals surface area (Å²) in [4.78, 5) is 0. The van der Waals surface area contributed by atoms with Crippen molar-refractivity contribution in [3.05, 3.63) is 58.0 Å². The molecule has 17 heavy (non-hydrogen) atoms. The Morgan fingerprint density at radius 3 is 2.71 bits per heavy atom. The van der Waals surface area contributed by atoms with E-state index in [9.17, 15) is 0 Å². The highest BCUT2D eigenvalue weighted by molar-refractivity contribution is 9.10. The molecule has 1 atom stereocenters. The topological polar surface area (TPSA) is 25.2 Å². The Morgan fingerprint density at radius 2 is 2.06 bits per heavy atom. The summed E-state index contributed by atoms with van der Waals surface area (Å²) < 4.78 is 6.54. The molecule has 1 heterocycles. The van der Waals surface area contributed by atoms with Crippen LogP contribution < -0.4 is 5.32 Å². The van der Waals surface area contributed by atoms with Crippen LogP contribution in [0.2, 0.25) is 0 Å². The van der Waals surface area contributed by atoms with Gasteiger partial charge in [-0.2, -0.15) is 0 Å². The van der Waals surface area contributed by atoms with E-state index >= 15 is 0 Å². The van der Waals surface area contributed by atoms with Gasteiger partial charge in [-0.1, -0.05) is 34.1 Å². The molecule has 0 spiro atoms. The zero-order valence-electron chi connectivity index (χ0n) is 10.0. The average molecular weight is 294 g/mol. The van der Waals surface area contributed by atoms with E-state index in [-0.39, 0.29) is 6.04 Å². The second-order valence-electron chi connectivity index (χ2n) is 4.15. The SMILES string of the molecule is Cc1ccoc1CN[C@@H](C)c1ccccc1Br. The monoisotopic (exact) mass is 293 g/mol. The summed E-state index contributed by atoms with van der Waals surface area (Å²) >= 11 is 3.57. The summed E-state index contributed by atoms with van der Waals surface area (Å²) in [6.07, 6.45) is 1.73. The normalized spacial score (nSPS) is 12.6. The lowest BCUT2D eigenvalue weighted by Crippen LogP contribution is -2.18. The largest absolute Gasteiger partial charge is 0.468 e. The summed E-state index contributed by atoms with van der Waals surface area (Å²) in [6.45, 7) is 4.96. The van der Waals surface area contributed by atoms with Crippen molar-refractivity contribution in [2.75, 3.05) is 0 Å². The minimum Gasteiger partial charge on any atom is -0.468 e. The maximum atomic E-state index is 5.41. The van der Waals surface area contributed by atoms with Crippen LogP contribution in [0, 0.1) is 6.92 Å². The molecular weight excluding hydrogens is 278 g/mol. The lowest BCUT2D eigenvalue weighted by atomic mass is 10.1. The molecule has 0 aliphatic rings. The number of hydrogen-bond acceptors (Lipinski definition) is 2. The molecule has 0 saturated heterocycles. The van der Waals surface area contributed by atoms with Crippen LogP contribution in [0.1, 0.15) is 29.9 Å². The Kier molecular flexibility index (Phi) is 4.02. The molecule has 0 saturated carbocycles. The van der Waals surface area contributed by atoms with Gasteiger partial charge in [-0.25, -0.2) is 0 Å². The van der Waals surface area contributed by atoms with Crippen LogP contribution in [0.15, 0.2) is 45.5 Å². The molecule has 2 nitrogen and oxygen atoms in total. The Labute approximate surface area is 110 Å². The van der Waals surface area contributed by atoms with Crippen molar-refractivity contribution < 1.29 is 4.42 Å². The van der Waals surface area contributed by atoms with Crippen LogP contribution in [-0.4, -0.2) is 0 Å². The van der Waals surface area contributed by atoms with Crippen molar-refractivity contribution in [2.24, 2.45) is 0 Å². The van der Waals surface area contributed by atoms with Gasteiger partial charge in [-0.3, -0.25) is 0 Å². The molecule has 0 aliphatic heterocycles. The van der Waals surface area contributed by atoms with Crippen molar-refractivity contribution in [1.29, 1.82) is 0 Å². The molecule has 90 valence electrons. The maximum absolute atomic E-state index is 5.41. The van der Waals surface area contributed by atoms with E-state index in [0.29, 0.717) is 0 Å². The van der Waals surface area contributed by atoms with Crippen LogP contribution in [0.4, 0.5) is 0 Å². The molecule has 0 amide bonds. The first-order chi connectivity index (χ1) is 8.18. The van der Waals surface area contributed by atoms with E-state index in [1.165, 1.54) is 11.1 Å². The molecule has 1 N–H and O–H groups in total. The fourth-order valence-electron chi connectivity index (χ4n) is 1.77. The Balaban J connectivity index is 2.01. The molecule has 3 heteroatoms. The molecule has 1 aromatic heterocycles. The second-order valence-corrected chi connectivity index (χ2v) is 5.01. The van der Waals surface area contributed by atoms with Crippen LogP contribution >= 0.6 is 15.9 Å². The summed E-state index contributed by atoms with van der Waals surface area (Å²) in [7, 11) is 0. The Bertz CT molecular complexity index is 492. The molecule has 2 rings (SSSR count). The zero-order chi connectivity index (χ0) is 12.3. The number of nitrogens with one attached hydrogen (secondary N) is 1. The minimum atomic E-state index is 0.287. The highest BCUT2D eigenvalue weighted by atomic mass is 79.9. The third-order valence-electron chi connectivity index (χ3n) is 2.91. The average Bonchev–Trinajstić information content (AvgIpc) is 2.72. The van der Waals surface area contributed by atoms with Gasteiger partial charge in [0.1, 0.15) is 5.76 Å². The third kappa shape index (κ3) is 2.99. The first-order valence-electron chi connectivity index (χ1n) is 5.69. The lowest BCUT2D eigenvalue weighted by Gasteiger charge is -2.15. The van der Waals surface area contributed by atoms with Gasteiger partial charge in [0.2, 0.25) is 0 Å². The van der Waals surface area contributed by atoms with Crippen molar-refractivity contribution in [3.63, 3.8) is 0 Å². The smallest absolute Gasteiger partial charge is 0.120 e. The summed E-state index contributed by atoms with van der Waals surface area (Å²) in [5.41, 5.74) is 2.45. The van der Waals surface area contributed by atoms with Crippen LogP contribution in [0.3, 0.4) is 0 Å². The Hall–Kier alpha value is -1.06. The molecule has 2 aromatic rings. The highest BCUT2D eigenvalue weighted by Gasteiger charge is 2.09. The number of benzene rings is 1. The van der Waals surface area contributed by atoms with Crippen molar-refractivity contribution in [3.8, 4) is 0 Å². The predicted octanol–water partition coefficient (Wildman–Crippen LogP) is 4.20. The molecular formula is C14H16BrNO. The molecule has 1 aromatic carbocycles. The summed E-state index contributed by atoms with van der Waals surface area (Å²) in [6, 6.07) is 10.5. The van der Waals surface area contributed by atoms with Crippen molar-refractivity contribution in [2.45, 2.75) is 26.4 Å². The second kappa shape index (κ2) is 5.52. The van der Waals surface area contributed by atoms with Gasteiger partial charge in [-0.05, 0) is 37.1 Å². The first-order valence-corrected chi connectivity index (χ1v) is 6.48. The Morgan fingerprint density at radius 1 is 1.29 bits per heavy atom. The van der Waals surface area contributed by atoms with E-state index < -0.39 is 0 Å². The lowest BCUT2D eigenvalue weighted by molar-refractivity contribution is 0.457. The van der Waals surface area contributed by atoms with Gasteiger partial charge in [-0.15, -0.1) is 0 Å². The predicted molar refractivity (Wildman–Crippen MR) is 72.8 cm³/mol. The van der Waals surface area contributed by atoms with E-state index in [1.807, 2.05) is 12.1 Å². The van der Waals surface area contributed by atoms with E-state index in [1.54, 1.807) is 6.26 Å². The van der Waals surface area contributed by atoms with E-state index in [4.69, 9.17) is 4.42 Å². The van der Waals surface area contributed by atoms with Gasteiger partial charge < -0.3 is 9.73 Å². The number of halogens is 1. The minimum absolute atomic E-state index is 0.287. The van der Waals surface area contributed by atoms with E-state index in [2.05, 4.69) is 53.3 Å². The number of rotatable bonds is 4. The molecule has 0 radical (unpaired) electrons. The quantitative estimate of drug-likeness (QED) is 0.914. The van der Waals surface area contributed by atoms with Gasteiger partial charge >= 0.3 is 0 Å². The van der Waals surface area contributed by atoms with Crippen LogP contribution in [-0.2, 0) is 6.54 Å². The van der Waals surface area contributed by atoms with Crippen LogP contribution in [0.5, 0.6) is 0 Å². The van der Waals surface area contributed by atoms with Crippen molar-refractivity contribution in [1.82, 2.24) is 5.32 Å². The van der Waals surface area contributed by atoms with Gasteiger partial charge in [0, 0.05) is 10.5 Å². The first kappa shape index (κ1) is 12.4. The standard InChI is InChI=1S/C14H16BrNO/c1-10-7-8-17-14(10)9-16-11(2)12-5-3-4-6-13(12)15/h3-8,11,16H,9H2,1-2H3/t11-/m0/s1.